The van der Waals surface area contributed by atoms with Gasteiger partial charge in [-0.25, -0.2) is 9.97 Å². The van der Waals surface area contributed by atoms with Gasteiger partial charge < -0.3 is 20.1 Å². The normalized spacial score (nSPS) is 17.2. The lowest BCUT2D eigenvalue weighted by atomic mass is 10.0. The Bertz CT molecular complexity index is 866. The van der Waals surface area contributed by atoms with Gasteiger partial charge in [0.15, 0.2) is 18.1 Å². The van der Waals surface area contributed by atoms with Gasteiger partial charge in [-0.15, -0.1) is 0 Å². The number of aromatic nitrogens is 2. The number of hydrogen-bond acceptors (Lipinski definition) is 6. The summed E-state index contributed by atoms with van der Waals surface area (Å²) in [6, 6.07) is 5.80. The molecule has 1 aromatic heterocycles. The molecule has 0 atom stereocenters. The molecule has 0 unspecified atom stereocenters. The number of benzene rings is 1. The first-order chi connectivity index (χ1) is 12.4. The molecule has 0 radical (unpaired) electrons. The van der Waals surface area contributed by atoms with Crippen molar-refractivity contribution in [3.63, 3.8) is 0 Å². The molecule has 2 aliphatic heterocycles. The zero-order chi connectivity index (χ0) is 18.3. The van der Waals surface area contributed by atoms with Crippen molar-refractivity contribution in [1.82, 2.24) is 14.9 Å². The minimum atomic E-state index is -0.248. The SMILES string of the molecule is CC1(C)Cc2cccc(OCC(=O)N3CCc4cnc(N)nc4C3)c2O1. The smallest absolute Gasteiger partial charge is 0.260 e. The Hall–Kier alpha value is -2.83. The number of hydrogen-bond donors (Lipinski definition) is 1. The summed E-state index contributed by atoms with van der Waals surface area (Å²) in [6.07, 6.45) is 3.29. The number of nitrogens with zero attached hydrogens (tertiary/aromatic N) is 3. The van der Waals surface area contributed by atoms with Crippen LogP contribution in [0.4, 0.5) is 5.95 Å². The fourth-order valence-electron chi connectivity index (χ4n) is 3.46. The molecule has 2 aliphatic rings. The number of nitrogens with two attached hydrogens (primary N) is 1. The molecule has 0 bridgehead atoms. The van der Waals surface area contributed by atoms with Crippen LogP contribution in [0.25, 0.3) is 0 Å². The molecular formula is C19H22N4O3. The third-order valence-electron chi connectivity index (χ3n) is 4.72. The fourth-order valence-corrected chi connectivity index (χ4v) is 3.46. The van der Waals surface area contributed by atoms with Crippen LogP contribution in [0.5, 0.6) is 11.5 Å². The molecule has 0 saturated heterocycles. The number of anilines is 1. The van der Waals surface area contributed by atoms with E-state index in [1.807, 2.05) is 32.0 Å². The summed E-state index contributed by atoms with van der Waals surface area (Å²) < 4.78 is 11.8. The lowest BCUT2D eigenvalue weighted by Gasteiger charge is -2.28. The van der Waals surface area contributed by atoms with E-state index in [0.717, 1.165) is 35.4 Å². The first kappa shape index (κ1) is 16.6. The van der Waals surface area contributed by atoms with Crippen molar-refractivity contribution in [1.29, 1.82) is 0 Å². The minimum Gasteiger partial charge on any atom is -0.483 e. The molecule has 1 aromatic carbocycles. The Labute approximate surface area is 152 Å². The molecule has 0 fully saturated rings. The maximum Gasteiger partial charge on any atom is 0.260 e. The zero-order valence-electron chi connectivity index (χ0n) is 15.0. The van der Waals surface area contributed by atoms with Crippen LogP contribution in [-0.2, 0) is 24.2 Å². The largest absolute Gasteiger partial charge is 0.483 e. The van der Waals surface area contributed by atoms with E-state index in [1.54, 1.807) is 11.1 Å². The molecule has 2 N–H and O–H groups in total. The summed E-state index contributed by atoms with van der Waals surface area (Å²) in [6.45, 7) is 5.11. The van der Waals surface area contributed by atoms with Crippen molar-refractivity contribution in [2.24, 2.45) is 0 Å². The summed E-state index contributed by atoms with van der Waals surface area (Å²) in [4.78, 5) is 22.6. The van der Waals surface area contributed by atoms with Crippen molar-refractivity contribution in [2.75, 3.05) is 18.9 Å². The number of rotatable bonds is 3. The topological polar surface area (TPSA) is 90.6 Å². The number of ether oxygens (including phenoxy) is 2. The van der Waals surface area contributed by atoms with Crippen molar-refractivity contribution < 1.29 is 14.3 Å². The van der Waals surface area contributed by atoms with Gasteiger partial charge in [-0.2, -0.15) is 0 Å². The highest BCUT2D eigenvalue weighted by atomic mass is 16.5. The molecule has 7 heteroatoms. The average Bonchev–Trinajstić information content (AvgIpc) is 2.93. The van der Waals surface area contributed by atoms with Crippen LogP contribution >= 0.6 is 0 Å². The highest BCUT2D eigenvalue weighted by molar-refractivity contribution is 5.78. The lowest BCUT2D eigenvalue weighted by molar-refractivity contribution is -0.134. The van der Waals surface area contributed by atoms with Crippen molar-refractivity contribution in [3.8, 4) is 11.5 Å². The van der Waals surface area contributed by atoms with E-state index in [0.29, 0.717) is 18.8 Å². The molecule has 26 heavy (non-hydrogen) atoms. The van der Waals surface area contributed by atoms with Gasteiger partial charge in [-0.3, -0.25) is 4.79 Å². The number of para-hydroxylation sites is 1. The molecular weight excluding hydrogens is 332 g/mol. The van der Waals surface area contributed by atoms with E-state index in [4.69, 9.17) is 15.2 Å². The van der Waals surface area contributed by atoms with Crippen LogP contribution in [0.15, 0.2) is 24.4 Å². The molecule has 3 heterocycles. The molecule has 0 aliphatic carbocycles. The molecule has 136 valence electrons. The number of amides is 1. The monoisotopic (exact) mass is 354 g/mol. The third kappa shape index (κ3) is 3.16. The van der Waals surface area contributed by atoms with Crippen LogP contribution in [0.1, 0.15) is 30.7 Å². The van der Waals surface area contributed by atoms with Crippen molar-refractivity contribution in [2.45, 2.75) is 38.8 Å². The Morgan fingerprint density at radius 2 is 2.23 bits per heavy atom. The number of fused-ring (bicyclic) bond motifs is 2. The van der Waals surface area contributed by atoms with Gasteiger partial charge in [0.05, 0.1) is 12.2 Å². The first-order valence-electron chi connectivity index (χ1n) is 8.73. The predicted molar refractivity (Wildman–Crippen MR) is 95.9 cm³/mol. The van der Waals surface area contributed by atoms with Crippen LogP contribution in [0.3, 0.4) is 0 Å². The van der Waals surface area contributed by atoms with E-state index in [1.165, 1.54) is 0 Å². The summed E-state index contributed by atoms with van der Waals surface area (Å²) in [5.74, 6) is 1.51. The predicted octanol–water partition coefficient (Wildman–Crippen LogP) is 1.74. The van der Waals surface area contributed by atoms with Crippen LogP contribution in [0, 0.1) is 0 Å². The summed E-state index contributed by atoms with van der Waals surface area (Å²) >= 11 is 0. The second-order valence-electron chi connectivity index (χ2n) is 7.34. The van der Waals surface area contributed by atoms with Gasteiger partial charge in [-0.1, -0.05) is 12.1 Å². The van der Waals surface area contributed by atoms with E-state index in [2.05, 4.69) is 9.97 Å². The summed E-state index contributed by atoms with van der Waals surface area (Å²) in [7, 11) is 0. The standard InChI is InChI=1S/C19H22N4O3/c1-19(2)8-12-4-3-5-15(17(12)26-19)25-11-16(24)23-7-6-13-9-21-18(20)22-14(13)10-23/h3-5,9H,6-8,10-11H2,1-2H3,(H2,20,21,22). The minimum absolute atomic E-state index is 0.0316. The number of nitrogen functional groups attached to an aromatic ring is 1. The Balaban J connectivity index is 1.42. The molecule has 1 amide bonds. The molecule has 7 nitrogen and oxygen atoms in total. The van der Waals surface area contributed by atoms with Gasteiger partial charge in [0.2, 0.25) is 5.95 Å². The second-order valence-corrected chi connectivity index (χ2v) is 7.34. The van der Waals surface area contributed by atoms with Gasteiger partial charge >= 0.3 is 0 Å². The summed E-state index contributed by atoms with van der Waals surface area (Å²) in [5.41, 5.74) is 8.36. The van der Waals surface area contributed by atoms with Gasteiger partial charge in [-0.05, 0) is 31.9 Å². The van der Waals surface area contributed by atoms with E-state index < -0.39 is 0 Å². The van der Waals surface area contributed by atoms with Gasteiger partial charge in [0.1, 0.15) is 5.60 Å². The third-order valence-corrected chi connectivity index (χ3v) is 4.72. The van der Waals surface area contributed by atoms with Gasteiger partial charge in [0, 0.05) is 24.7 Å². The molecule has 0 saturated carbocycles. The average molecular weight is 354 g/mol. The zero-order valence-corrected chi connectivity index (χ0v) is 15.0. The summed E-state index contributed by atoms with van der Waals surface area (Å²) in [5, 5.41) is 0. The van der Waals surface area contributed by atoms with E-state index >= 15 is 0 Å². The maximum absolute atomic E-state index is 12.6. The van der Waals surface area contributed by atoms with Crippen LogP contribution in [0.2, 0.25) is 0 Å². The van der Waals surface area contributed by atoms with E-state index in [-0.39, 0.29) is 24.1 Å². The maximum atomic E-state index is 12.6. The first-order valence-corrected chi connectivity index (χ1v) is 8.73. The Kier molecular flexibility index (Phi) is 3.94. The van der Waals surface area contributed by atoms with Crippen LogP contribution in [-0.4, -0.2) is 39.5 Å². The second kappa shape index (κ2) is 6.16. The van der Waals surface area contributed by atoms with Crippen molar-refractivity contribution in [3.05, 3.63) is 41.2 Å². The highest BCUT2D eigenvalue weighted by Crippen LogP contribution is 2.41. The number of carbonyl (C=O) groups is 1. The van der Waals surface area contributed by atoms with Crippen LogP contribution < -0.4 is 15.2 Å². The van der Waals surface area contributed by atoms with Crippen molar-refractivity contribution >= 4 is 11.9 Å². The highest BCUT2D eigenvalue weighted by Gasteiger charge is 2.32. The molecule has 2 aromatic rings. The Morgan fingerprint density at radius 1 is 1.38 bits per heavy atom. The molecule has 0 spiro atoms. The van der Waals surface area contributed by atoms with Gasteiger partial charge in [0.25, 0.3) is 5.91 Å². The quantitative estimate of drug-likeness (QED) is 0.903. The fraction of sp³-hybridized carbons (Fsp3) is 0.421. The lowest BCUT2D eigenvalue weighted by Crippen LogP contribution is -2.39. The molecule has 4 rings (SSSR count). The Morgan fingerprint density at radius 3 is 3.08 bits per heavy atom. The number of carbonyl (C=O) groups excluding carboxylic acids is 1. The van der Waals surface area contributed by atoms with E-state index in [9.17, 15) is 4.79 Å².